The second-order valence-corrected chi connectivity index (χ2v) is 6.70. The van der Waals surface area contributed by atoms with Crippen molar-refractivity contribution in [2.24, 2.45) is 5.92 Å². The van der Waals surface area contributed by atoms with Crippen LogP contribution in [0.3, 0.4) is 0 Å². The number of urea groups is 1. The van der Waals surface area contributed by atoms with Crippen molar-refractivity contribution in [2.75, 3.05) is 44.0 Å². The van der Waals surface area contributed by atoms with E-state index in [1.54, 1.807) is 12.4 Å². The molecule has 0 bridgehead atoms. The summed E-state index contributed by atoms with van der Waals surface area (Å²) in [4.78, 5) is 24.4. The summed E-state index contributed by atoms with van der Waals surface area (Å²) < 4.78 is 5.80. The van der Waals surface area contributed by atoms with Crippen LogP contribution >= 0.6 is 0 Å². The van der Waals surface area contributed by atoms with Gasteiger partial charge < -0.3 is 19.9 Å². The fourth-order valence-corrected chi connectivity index (χ4v) is 2.89. The van der Waals surface area contributed by atoms with Gasteiger partial charge in [0.2, 0.25) is 5.95 Å². The molecule has 7 nitrogen and oxygen atoms in total. The van der Waals surface area contributed by atoms with Gasteiger partial charge in [-0.1, -0.05) is 30.3 Å². The largest absolute Gasteiger partial charge is 0.376 e. The number of hydrogen-bond acceptors (Lipinski definition) is 5. The molecule has 3 rings (SSSR count). The molecule has 7 heteroatoms. The molecular formula is C19H25N5O2. The first-order chi connectivity index (χ1) is 12.6. The number of ether oxygens (including phenoxy) is 1. The van der Waals surface area contributed by atoms with Gasteiger partial charge in [0.1, 0.15) is 0 Å². The van der Waals surface area contributed by atoms with Gasteiger partial charge in [0.15, 0.2) is 0 Å². The lowest BCUT2D eigenvalue weighted by Gasteiger charge is -2.17. The number of rotatable bonds is 6. The Balaban J connectivity index is 1.42. The number of nitrogens with zero attached hydrogens (tertiary/aromatic N) is 4. The number of carbonyl (C=O) groups excluding carboxylic acids is 1. The Hall–Kier alpha value is -2.67. The van der Waals surface area contributed by atoms with Gasteiger partial charge in [0.25, 0.3) is 0 Å². The highest BCUT2D eigenvalue weighted by Gasteiger charge is 2.26. The highest BCUT2D eigenvalue weighted by Crippen LogP contribution is 2.18. The molecule has 2 amide bonds. The second-order valence-electron chi connectivity index (χ2n) is 6.70. The van der Waals surface area contributed by atoms with Gasteiger partial charge in [-0.3, -0.25) is 0 Å². The van der Waals surface area contributed by atoms with Crippen LogP contribution in [-0.4, -0.2) is 54.7 Å². The van der Waals surface area contributed by atoms with E-state index in [9.17, 15) is 4.79 Å². The zero-order valence-corrected chi connectivity index (χ0v) is 15.3. The maximum absolute atomic E-state index is 12.4. The minimum absolute atomic E-state index is 0.114. The van der Waals surface area contributed by atoms with Crippen LogP contribution in [0.15, 0.2) is 42.7 Å². The van der Waals surface area contributed by atoms with E-state index in [2.05, 4.69) is 27.4 Å². The van der Waals surface area contributed by atoms with E-state index in [4.69, 9.17) is 4.74 Å². The summed E-state index contributed by atoms with van der Waals surface area (Å²) in [5, 5.41) is 2.86. The molecule has 1 saturated heterocycles. The second kappa shape index (κ2) is 8.62. The van der Waals surface area contributed by atoms with Crippen molar-refractivity contribution in [3.63, 3.8) is 0 Å². The number of likely N-dealkylation sites (tertiary alicyclic amines) is 1. The SMILES string of the molecule is CN(C)c1ncc(NC(=O)N2CC[C@@H](COCc3ccccc3)C2)cn1. The fourth-order valence-electron chi connectivity index (χ4n) is 2.89. The first-order valence-electron chi connectivity index (χ1n) is 8.79. The minimum Gasteiger partial charge on any atom is -0.376 e. The highest BCUT2D eigenvalue weighted by atomic mass is 16.5. The summed E-state index contributed by atoms with van der Waals surface area (Å²) in [5.41, 5.74) is 1.77. The molecule has 1 N–H and O–H groups in total. The number of aromatic nitrogens is 2. The van der Waals surface area contributed by atoms with E-state index in [1.807, 2.05) is 42.1 Å². The van der Waals surface area contributed by atoms with Gasteiger partial charge in [-0.25, -0.2) is 14.8 Å². The van der Waals surface area contributed by atoms with Crippen LogP contribution in [0.2, 0.25) is 0 Å². The monoisotopic (exact) mass is 355 g/mol. The zero-order valence-electron chi connectivity index (χ0n) is 15.3. The molecule has 1 aliphatic heterocycles. The van der Waals surface area contributed by atoms with E-state index in [0.717, 1.165) is 13.0 Å². The molecule has 2 heterocycles. The van der Waals surface area contributed by atoms with Crippen molar-refractivity contribution in [1.29, 1.82) is 0 Å². The van der Waals surface area contributed by atoms with Gasteiger partial charge in [-0.15, -0.1) is 0 Å². The smallest absolute Gasteiger partial charge is 0.321 e. The maximum Gasteiger partial charge on any atom is 0.321 e. The summed E-state index contributed by atoms with van der Waals surface area (Å²) >= 11 is 0. The van der Waals surface area contributed by atoms with Crippen LogP contribution in [0.25, 0.3) is 0 Å². The molecular weight excluding hydrogens is 330 g/mol. The lowest BCUT2D eigenvalue weighted by atomic mass is 10.1. The Kier molecular flexibility index (Phi) is 6.01. The van der Waals surface area contributed by atoms with Crippen LogP contribution < -0.4 is 10.2 Å². The average molecular weight is 355 g/mol. The molecule has 0 spiro atoms. The van der Waals surface area contributed by atoms with Crippen LogP contribution in [0.1, 0.15) is 12.0 Å². The number of anilines is 2. The number of benzene rings is 1. The van der Waals surface area contributed by atoms with Crippen molar-refractivity contribution in [3.05, 3.63) is 48.3 Å². The molecule has 1 atom stereocenters. The Labute approximate surface area is 154 Å². The molecule has 1 fully saturated rings. The molecule has 0 radical (unpaired) electrons. The number of hydrogen-bond donors (Lipinski definition) is 1. The highest BCUT2D eigenvalue weighted by molar-refractivity contribution is 5.89. The Morgan fingerprint density at radius 2 is 2.00 bits per heavy atom. The van der Waals surface area contributed by atoms with Gasteiger partial charge in [-0.05, 0) is 12.0 Å². The predicted octanol–water partition coefficient (Wildman–Crippen LogP) is 2.61. The van der Waals surface area contributed by atoms with Crippen LogP contribution in [0.5, 0.6) is 0 Å². The summed E-state index contributed by atoms with van der Waals surface area (Å²) in [6.45, 7) is 2.72. The molecule has 1 aromatic heterocycles. The molecule has 0 saturated carbocycles. The lowest BCUT2D eigenvalue weighted by Crippen LogP contribution is -2.33. The minimum atomic E-state index is -0.114. The van der Waals surface area contributed by atoms with E-state index >= 15 is 0 Å². The molecule has 2 aromatic rings. The van der Waals surface area contributed by atoms with E-state index in [0.29, 0.717) is 37.3 Å². The molecule has 26 heavy (non-hydrogen) atoms. The summed E-state index contributed by atoms with van der Waals surface area (Å²) in [7, 11) is 3.75. The lowest BCUT2D eigenvalue weighted by molar-refractivity contribution is 0.0900. The van der Waals surface area contributed by atoms with Crippen LogP contribution in [0.4, 0.5) is 16.4 Å². The molecule has 1 aromatic carbocycles. The third-order valence-corrected chi connectivity index (χ3v) is 4.33. The summed E-state index contributed by atoms with van der Waals surface area (Å²) in [6, 6.07) is 10.0. The Bertz CT molecular complexity index is 706. The summed E-state index contributed by atoms with van der Waals surface area (Å²) in [5.74, 6) is 0.983. The van der Waals surface area contributed by atoms with Gasteiger partial charge in [-0.2, -0.15) is 0 Å². The van der Waals surface area contributed by atoms with Gasteiger partial charge >= 0.3 is 6.03 Å². The molecule has 0 aliphatic carbocycles. The van der Waals surface area contributed by atoms with Crippen molar-refractivity contribution in [3.8, 4) is 0 Å². The van der Waals surface area contributed by atoms with Crippen molar-refractivity contribution < 1.29 is 9.53 Å². The number of nitrogens with one attached hydrogen (secondary N) is 1. The Morgan fingerprint density at radius 3 is 2.69 bits per heavy atom. The molecule has 1 aliphatic rings. The third kappa shape index (κ3) is 4.92. The normalized spacial score (nSPS) is 16.5. The predicted molar refractivity (Wildman–Crippen MR) is 101 cm³/mol. The van der Waals surface area contributed by atoms with Crippen LogP contribution in [0, 0.1) is 5.92 Å². The first kappa shape index (κ1) is 18.1. The molecule has 0 unspecified atom stereocenters. The third-order valence-electron chi connectivity index (χ3n) is 4.33. The average Bonchev–Trinajstić information content (AvgIpc) is 3.12. The van der Waals surface area contributed by atoms with Crippen molar-refractivity contribution in [2.45, 2.75) is 13.0 Å². The van der Waals surface area contributed by atoms with Crippen molar-refractivity contribution >= 4 is 17.7 Å². The number of amides is 2. The van der Waals surface area contributed by atoms with Gasteiger partial charge in [0, 0.05) is 33.1 Å². The van der Waals surface area contributed by atoms with E-state index < -0.39 is 0 Å². The van der Waals surface area contributed by atoms with E-state index in [1.165, 1.54) is 5.56 Å². The van der Waals surface area contributed by atoms with E-state index in [-0.39, 0.29) is 6.03 Å². The quantitative estimate of drug-likeness (QED) is 0.862. The fraction of sp³-hybridized carbons (Fsp3) is 0.421. The summed E-state index contributed by atoms with van der Waals surface area (Å²) in [6.07, 6.45) is 4.20. The zero-order chi connectivity index (χ0) is 18.4. The molecule has 138 valence electrons. The van der Waals surface area contributed by atoms with Crippen LogP contribution in [-0.2, 0) is 11.3 Å². The topological polar surface area (TPSA) is 70.6 Å². The van der Waals surface area contributed by atoms with Gasteiger partial charge in [0.05, 0.1) is 31.3 Å². The Morgan fingerprint density at radius 1 is 1.27 bits per heavy atom. The standard InChI is InChI=1S/C19H25N5O2/c1-23(2)18-20-10-17(11-21-18)22-19(25)24-9-8-16(12-24)14-26-13-15-6-4-3-5-7-15/h3-7,10-11,16H,8-9,12-14H2,1-2H3,(H,22,25)/t16-/m1/s1. The number of carbonyl (C=O) groups is 1. The van der Waals surface area contributed by atoms with Crippen molar-refractivity contribution in [1.82, 2.24) is 14.9 Å². The maximum atomic E-state index is 12.4. The first-order valence-corrected chi connectivity index (χ1v) is 8.79.